The number of aryl methyl sites for hydroxylation is 1. The quantitative estimate of drug-likeness (QED) is 0.433. The first-order valence-corrected chi connectivity index (χ1v) is 11.5. The van der Waals surface area contributed by atoms with Gasteiger partial charge in [0.15, 0.2) is 5.82 Å². The predicted octanol–water partition coefficient (Wildman–Crippen LogP) is 3.36. The molecule has 0 saturated carbocycles. The molecule has 0 aliphatic carbocycles. The number of nitrogens with zero attached hydrogens (tertiary/aromatic N) is 6. The van der Waals surface area contributed by atoms with Gasteiger partial charge in [0.2, 0.25) is 0 Å². The smallest absolute Gasteiger partial charge is 0.407 e. The summed E-state index contributed by atoms with van der Waals surface area (Å²) in [4.78, 5) is 25.6. The van der Waals surface area contributed by atoms with Gasteiger partial charge in [-0.1, -0.05) is 0 Å². The molecule has 11 nitrogen and oxygen atoms in total. The fourth-order valence-corrected chi connectivity index (χ4v) is 4.92. The average Bonchev–Trinajstić information content (AvgIpc) is 3.50. The fraction of sp³-hybridized carbons (Fsp3) is 0.375. The molecular formula is C24H27FN8O3. The van der Waals surface area contributed by atoms with Gasteiger partial charge < -0.3 is 21.1 Å². The highest BCUT2D eigenvalue weighted by Gasteiger charge is 2.50. The number of primary amides is 1. The molecule has 188 valence electrons. The summed E-state index contributed by atoms with van der Waals surface area (Å²) in [6, 6.07) is 9.17. The van der Waals surface area contributed by atoms with Crippen LogP contribution in [0.25, 0.3) is 0 Å². The van der Waals surface area contributed by atoms with Gasteiger partial charge in [-0.15, -0.1) is 0 Å². The van der Waals surface area contributed by atoms with E-state index in [0.717, 1.165) is 0 Å². The third kappa shape index (κ3) is 4.86. The zero-order chi connectivity index (χ0) is 25.9. The van der Waals surface area contributed by atoms with Crippen LogP contribution < -0.4 is 11.1 Å². The Kier molecular flexibility index (Phi) is 6.91. The van der Waals surface area contributed by atoms with Gasteiger partial charge in [0.05, 0.1) is 23.6 Å². The second-order valence-electron chi connectivity index (χ2n) is 8.99. The summed E-state index contributed by atoms with van der Waals surface area (Å²) in [7, 11) is 0. The molecule has 36 heavy (non-hydrogen) atoms. The number of anilines is 2. The zero-order valence-electron chi connectivity index (χ0n) is 19.7. The summed E-state index contributed by atoms with van der Waals surface area (Å²) in [6.45, 7) is 2.56. The summed E-state index contributed by atoms with van der Waals surface area (Å²) in [5.41, 5.74) is 5.19. The lowest BCUT2D eigenvalue weighted by Crippen LogP contribution is -2.59. The van der Waals surface area contributed by atoms with E-state index >= 15 is 0 Å². The Morgan fingerprint density at radius 1 is 1.36 bits per heavy atom. The fourth-order valence-electron chi connectivity index (χ4n) is 4.92. The number of nitrogens with one attached hydrogen (secondary N) is 1. The van der Waals surface area contributed by atoms with Gasteiger partial charge in [0.25, 0.3) is 5.91 Å². The molecular weight excluding hydrogens is 467 g/mol. The standard InChI is InChI=1S/C24H27FN8O3/c1-24(9-2-11-31-12-3-10-28-31)19(14-26)20(8-13-32(24)23(35)36)33-15-18(21(27)34)22(30-33)29-17-6-4-16(25)5-7-17/h3-7,10,12,15,19-20H,2,8-9,11,13H2,1H3,(H2,27,34)(H,29,30)(H,35,36)/t19-,20-,24?/m0/s1. The van der Waals surface area contributed by atoms with Crippen LogP contribution in [0.15, 0.2) is 48.9 Å². The summed E-state index contributed by atoms with van der Waals surface area (Å²) < 4.78 is 16.6. The van der Waals surface area contributed by atoms with Crippen molar-refractivity contribution in [3.63, 3.8) is 0 Å². The van der Waals surface area contributed by atoms with E-state index < -0.39 is 35.3 Å². The first kappa shape index (κ1) is 24.7. The second-order valence-corrected chi connectivity index (χ2v) is 8.99. The van der Waals surface area contributed by atoms with Crippen LogP contribution in [-0.2, 0) is 6.54 Å². The molecule has 1 aliphatic heterocycles. The number of nitrogens with two attached hydrogens (primary N) is 1. The van der Waals surface area contributed by atoms with Crippen LogP contribution in [0.5, 0.6) is 0 Å². The van der Waals surface area contributed by atoms with E-state index in [1.165, 1.54) is 40.0 Å². The molecule has 12 heteroatoms. The minimum atomic E-state index is -1.09. The van der Waals surface area contributed by atoms with E-state index in [1.807, 2.05) is 12.3 Å². The van der Waals surface area contributed by atoms with Crippen LogP contribution in [0, 0.1) is 23.1 Å². The van der Waals surface area contributed by atoms with Crippen molar-refractivity contribution in [3.8, 4) is 6.07 Å². The lowest BCUT2D eigenvalue weighted by atomic mass is 9.73. The monoisotopic (exact) mass is 494 g/mol. The zero-order valence-corrected chi connectivity index (χ0v) is 19.7. The number of halogens is 1. The van der Waals surface area contributed by atoms with Crippen LogP contribution in [0.2, 0.25) is 0 Å². The number of carbonyl (C=O) groups excluding carboxylic acids is 1. The summed E-state index contributed by atoms with van der Waals surface area (Å²) in [6.07, 6.45) is 5.25. The van der Waals surface area contributed by atoms with Crippen molar-refractivity contribution in [1.82, 2.24) is 24.5 Å². The van der Waals surface area contributed by atoms with Crippen molar-refractivity contribution in [2.24, 2.45) is 11.7 Å². The maximum absolute atomic E-state index is 13.3. The number of likely N-dealkylation sites (tertiary alicyclic amines) is 1. The highest BCUT2D eigenvalue weighted by atomic mass is 19.1. The highest BCUT2D eigenvalue weighted by molar-refractivity contribution is 5.98. The number of carbonyl (C=O) groups is 2. The molecule has 2 amide bonds. The maximum Gasteiger partial charge on any atom is 0.407 e. The average molecular weight is 495 g/mol. The van der Waals surface area contributed by atoms with Crippen LogP contribution in [0.3, 0.4) is 0 Å². The number of rotatable bonds is 8. The highest BCUT2D eigenvalue weighted by Crippen LogP contribution is 2.43. The van der Waals surface area contributed by atoms with Gasteiger partial charge in [-0.3, -0.25) is 14.2 Å². The molecule has 3 atom stereocenters. The van der Waals surface area contributed by atoms with Crippen LogP contribution in [-0.4, -0.2) is 53.7 Å². The second kappa shape index (κ2) is 10.1. The first-order valence-electron chi connectivity index (χ1n) is 11.5. The Balaban J connectivity index is 1.63. The Hall–Kier alpha value is -4.40. The minimum Gasteiger partial charge on any atom is -0.465 e. The third-order valence-electron chi connectivity index (χ3n) is 6.76. The van der Waals surface area contributed by atoms with Crippen molar-refractivity contribution < 1.29 is 19.1 Å². The summed E-state index contributed by atoms with van der Waals surface area (Å²) in [5.74, 6) is -1.70. The molecule has 1 unspecified atom stereocenters. The summed E-state index contributed by atoms with van der Waals surface area (Å²) in [5, 5.41) is 31.8. The molecule has 1 aliphatic rings. The number of amides is 2. The Morgan fingerprint density at radius 3 is 2.72 bits per heavy atom. The van der Waals surface area contributed by atoms with E-state index in [4.69, 9.17) is 5.73 Å². The number of hydrogen-bond acceptors (Lipinski definition) is 6. The summed E-state index contributed by atoms with van der Waals surface area (Å²) >= 11 is 0. The van der Waals surface area contributed by atoms with E-state index in [-0.39, 0.29) is 17.9 Å². The Morgan fingerprint density at radius 2 is 2.11 bits per heavy atom. The number of hydrogen-bond donors (Lipinski definition) is 3. The SMILES string of the molecule is CC1(CCCn2cccn2)[C@@H](C#N)[C@@H](n2cc(C(N)=O)c(Nc3ccc(F)cc3)n2)CCN1C(=O)O. The van der Waals surface area contributed by atoms with Gasteiger partial charge in [-0.05, 0) is 56.5 Å². The van der Waals surface area contributed by atoms with Gasteiger partial charge in [0, 0.05) is 37.4 Å². The van der Waals surface area contributed by atoms with Crippen LogP contribution >= 0.6 is 0 Å². The van der Waals surface area contributed by atoms with Crippen LogP contribution in [0.4, 0.5) is 20.7 Å². The number of nitriles is 1. The van der Waals surface area contributed by atoms with Crippen molar-refractivity contribution in [3.05, 3.63) is 60.3 Å². The number of benzene rings is 1. The van der Waals surface area contributed by atoms with Gasteiger partial charge in [0.1, 0.15) is 11.4 Å². The van der Waals surface area contributed by atoms with Crippen LogP contribution in [0.1, 0.15) is 42.6 Å². The van der Waals surface area contributed by atoms with Crippen molar-refractivity contribution in [1.29, 1.82) is 5.26 Å². The lowest BCUT2D eigenvalue weighted by molar-refractivity contribution is 0.00108. The number of piperidine rings is 1. The normalized spacial score (nSPS) is 21.6. The van der Waals surface area contributed by atoms with Crippen molar-refractivity contribution in [2.75, 3.05) is 11.9 Å². The first-order chi connectivity index (χ1) is 17.2. The molecule has 1 fully saturated rings. The third-order valence-corrected chi connectivity index (χ3v) is 6.76. The van der Waals surface area contributed by atoms with Gasteiger partial charge >= 0.3 is 6.09 Å². The molecule has 1 saturated heterocycles. The maximum atomic E-state index is 13.3. The predicted molar refractivity (Wildman–Crippen MR) is 128 cm³/mol. The largest absolute Gasteiger partial charge is 0.465 e. The lowest BCUT2D eigenvalue weighted by Gasteiger charge is -2.49. The van der Waals surface area contributed by atoms with E-state index in [1.54, 1.807) is 17.8 Å². The van der Waals surface area contributed by atoms with Crippen molar-refractivity contribution >= 4 is 23.5 Å². The van der Waals surface area contributed by atoms with E-state index in [2.05, 4.69) is 21.6 Å². The molecule has 2 aromatic heterocycles. The molecule has 0 bridgehead atoms. The topological polar surface area (TPSA) is 155 Å². The molecule has 0 radical (unpaired) electrons. The minimum absolute atomic E-state index is 0.108. The number of aromatic nitrogens is 4. The van der Waals surface area contributed by atoms with Gasteiger partial charge in [-0.25, -0.2) is 9.18 Å². The van der Waals surface area contributed by atoms with Gasteiger partial charge in [-0.2, -0.15) is 15.5 Å². The Bertz CT molecular complexity index is 1270. The molecule has 4 N–H and O–H groups in total. The molecule has 3 aromatic rings. The molecule has 4 rings (SSSR count). The van der Waals surface area contributed by atoms with Crippen molar-refractivity contribution in [2.45, 2.75) is 44.3 Å². The molecule has 0 spiro atoms. The van der Waals surface area contributed by atoms with E-state index in [9.17, 15) is 24.3 Å². The Labute approximate surface area is 206 Å². The molecule has 3 heterocycles. The van der Waals surface area contributed by atoms with E-state index in [0.29, 0.717) is 31.5 Å². The number of carboxylic acid groups (broad SMARTS) is 1. The molecule has 1 aromatic carbocycles.